The molecule has 114 valence electrons. The van der Waals surface area contributed by atoms with Crippen LogP contribution < -0.4 is 10.5 Å². The third-order valence-electron chi connectivity index (χ3n) is 3.26. The highest BCUT2D eigenvalue weighted by Crippen LogP contribution is 2.26. The average Bonchev–Trinajstić information content (AvgIpc) is 2.35. The molecule has 0 amide bonds. The number of sulfonamides is 1. The van der Waals surface area contributed by atoms with Gasteiger partial charge in [0.15, 0.2) is 0 Å². The minimum Gasteiger partial charge on any atom is -0.397 e. The Morgan fingerprint density at radius 1 is 1.35 bits per heavy atom. The molecular formula is C13H22N2O3S2. The van der Waals surface area contributed by atoms with E-state index < -0.39 is 10.0 Å². The van der Waals surface area contributed by atoms with Crippen molar-refractivity contribution in [1.82, 2.24) is 4.72 Å². The van der Waals surface area contributed by atoms with E-state index in [9.17, 15) is 13.5 Å². The predicted molar refractivity (Wildman–Crippen MR) is 84.5 cm³/mol. The maximum absolute atomic E-state index is 12.5. The fourth-order valence-corrected chi connectivity index (χ4v) is 4.41. The molecule has 0 radical (unpaired) electrons. The van der Waals surface area contributed by atoms with Gasteiger partial charge in [0.1, 0.15) is 4.90 Å². The lowest BCUT2D eigenvalue weighted by Gasteiger charge is -2.22. The van der Waals surface area contributed by atoms with E-state index in [0.29, 0.717) is 5.56 Å². The van der Waals surface area contributed by atoms with Crippen molar-refractivity contribution in [3.63, 3.8) is 0 Å². The van der Waals surface area contributed by atoms with E-state index >= 15 is 0 Å². The Kier molecular flexibility index (Phi) is 5.88. The molecule has 5 nitrogen and oxygen atoms in total. The topological polar surface area (TPSA) is 92.4 Å². The Morgan fingerprint density at radius 3 is 2.40 bits per heavy atom. The fraction of sp³-hybridized carbons (Fsp3) is 0.538. The van der Waals surface area contributed by atoms with Gasteiger partial charge in [0, 0.05) is 11.3 Å². The summed E-state index contributed by atoms with van der Waals surface area (Å²) in [4.78, 5) is 0.127. The van der Waals surface area contributed by atoms with Crippen LogP contribution in [-0.2, 0) is 10.0 Å². The van der Waals surface area contributed by atoms with Crippen molar-refractivity contribution < 1.29 is 13.5 Å². The van der Waals surface area contributed by atoms with Crippen molar-refractivity contribution in [3.05, 3.63) is 23.3 Å². The van der Waals surface area contributed by atoms with Crippen LogP contribution in [0.25, 0.3) is 0 Å². The molecule has 1 rings (SSSR count). The first kappa shape index (κ1) is 17.3. The number of anilines is 1. The third kappa shape index (κ3) is 3.66. The van der Waals surface area contributed by atoms with Gasteiger partial charge in [0.25, 0.3) is 0 Å². The van der Waals surface area contributed by atoms with Gasteiger partial charge in [0.2, 0.25) is 10.0 Å². The van der Waals surface area contributed by atoms with E-state index in [4.69, 9.17) is 5.73 Å². The lowest BCUT2D eigenvalue weighted by molar-refractivity contribution is 0.282. The molecule has 0 bridgehead atoms. The van der Waals surface area contributed by atoms with Crippen molar-refractivity contribution >= 4 is 27.5 Å². The molecule has 1 aromatic carbocycles. The zero-order valence-corrected chi connectivity index (χ0v) is 13.8. The Labute approximate surface area is 125 Å². The van der Waals surface area contributed by atoms with Crippen LogP contribution in [0, 0.1) is 13.8 Å². The molecule has 2 unspecified atom stereocenters. The second-order valence-electron chi connectivity index (χ2n) is 4.81. The maximum Gasteiger partial charge on any atom is 0.243 e. The van der Waals surface area contributed by atoms with Gasteiger partial charge < -0.3 is 10.8 Å². The van der Waals surface area contributed by atoms with Gasteiger partial charge in [-0.25, -0.2) is 13.1 Å². The van der Waals surface area contributed by atoms with Crippen LogP contribution >= 0.6 is 11.8 Å². The van der Waals surface area contributed by atoms with Gasteiger partial charge in [-0.15, -0.1) is 0 Å². The summed E-state index contributed by atoms with van der Waals surface area (Å²) in [5.41, 5.74) is 7.52. The van der Waals surface area contributed by atoms with Crippen LogP contribution in [0.2, 0.25) is 0 Å². The second kappa shape index (κ2) is 6.80. The quantitative estimate of drug-likeness (QED) is 0.687. The largest absolute Gasteiger partial charge is 0.397 e. The van der Waals surface area contributed by atoms with Gasteiger partial charge in [-0.1, -0.05) is 12.1 Å². The molecule has 0 saturated heterocycles. The van der Waals surface area contributed by atoms with E-state index in [2.05, 4.69) is 4.72 Å². The van der Waals surface area contributed by atoms with Gasteiger partial charge in [-0.3, -0.25) is 0 Å². The van der Waals surface area contributed by atoms with Crippen LogP contribution in [0.5, 0.6) is 0 Å². The number of thioether (sulfide) groups is 1. The van der Waals surface area contributed by atoms with Gasteiger partial charge >= 0.3 is 0 Å². The highest BCUT2D eigenvalue weighted by Gasteiger charge is 2.26. The maximum atomic E-state index is 12.5. The summed E-state index contributed by atoms with van der Waals surface area (Å²) in [6.45, 7) is 5.13. The molecule has 0 aromatic heterocycles. The number of nitrogens with two attached hydrogens (primary N) is 1. The number of aliphatic hydroxyl groups is 1. The first-order valence-electron chi connectivity index (χ1n) is 6.26. The highest BCUT2D eigenvalue weighted by molar-refractivity contribution is 7.99. The van der Waals surface area contributed by atoms with Crippen LogP contribution in [0.15, 0.2) is 17.0 Å². The van der Waals surface area contributed by atoms with E-state index in [1.54, 1.807) is 32.9 Å². The standard InChI is InChI=1S/C13H22N2O3S2/c1-8-5-6-9(2)13(12(8)14)20(17,18)15-10(3)11(7-16)19-4/h5-6,10-11,15-16H,7,14H2,1-4H3. The number of hydrogen-bond donors (Lipinski definition) is 3. The number of aryl methyl sites for hydroxylation is 2. The monoisotopic (exact) mass is 318 g/mol. The molecule has 0 saturated carbocycles. The molecule has 20 heavy (non-hydrogen) atoms. The summed E-state index contributed by atoms with van der Waals surface area (Å²) in [5.74, 6) is 0. The number of rotatable bonds is 6. The van der Waals surface area contributed by atoms with Crippen molar-refractivity contribution in [3.8, 4) is 0 Å². The van der Waals surface area contributed by atoms with Crippen molar-refractivity contribution in [2.24, 2.45) is 0 Å². The summed E-state index contributed by atoms with van der Waals surface area (Å²) >= 11 is 1.42. The minimum atomic E-state index is -3.71. The summed E-state index contributed by atoms with van der Waals surface area (Å²) in [5, 5.41) is 9.04. The molecule has 2 atom stereocenters. The summed E-state index contributed by atoms with van der Waals surface area (Å²) in [6, 6.07) is 3.15. The van der Waals surface area contributed by atoms with Crippen molar-refractivity contribution in [2.75, 3.05) is 18.6 Å². The fourth-order valence-electron chi connectivity index (χ4n) is 1.98. The highest BCUT2D eigenvalue weighted by atomic mass is 32.2. The van der Waals surface area contributed by atoms with Crippen molar-refractivity contribution in [1.29, 1.82) is 0 Å². The Hall–Kier alpha value is -0.760. The number of benzene rings is 1. The van der Waals surface area contributed by atoms with Crippen LogP contribution in [0.4, 0.5) is 5.69 Å². The first-order chi connectivity index (χ1) is 9.24. The van der Waals surface area contributed by atoms with Crippen molar-refractivity contribution in [2.45, 2.75) is 37.0 Å². The van der Waals surface area contributed by atoms with Gasteiger partial charge in [-0.05, 0) is 38.2 Å². The van der Waals surface area contributed by atoms with E-state index in [-0.39, 0.29) is 28.5 Å². The number of aliphatic hydroxyl groups excluding tert-OH is 1. The molecular weight excluding hydrogens is 296 g/mol. The number of nitrogen functional groups attached to an aromatic ring is 1. The van der Waals surface area contributed by atoms with E-state index in [1.165, 1.54) is 11.8 Å². The SMILES string of the molecule is CSC(CO)C(C)NS(=O)(=O)c1c(C)ccc(C)c1N. The Balaban J connectivity index is 3.16. The Morgan fingerprint density at radius 2 is 1.90 bits per heavy atom. The average molecular weight is 318 g/mol. The van der Waals surface area contributed by atoms with Gasteiger partial charge in [0.05, 0.1) is 12.3 Å². The lowest BCUT2D eigenvalue weighted by Crippen LogP contribution is -2.41. The number of hydrogen-bond acceptors (Lipinski definition) is 5. The third-order valence-corrected chi connectivity index (χ3v) is 6.19. The van der Waals surface area contributed by atoms with Gasteiger partial charge in [-0.2, -0.15) is 11.8 Å². The molecule has 1 aromatic rings. The zero-order valence-electron chi connectivity index (χ0n) is 12.2. The van der Waals surface area contributed by atoms with Crippen LogP contribution in [0.3, 0.4) is 0 Å². The molecule has 0 fully saturated rings. The smallest absolute Gasteiger partial charge is 0.243 e. The molecule has 4 N–H and O–H groups in total. The lowest BCUT2D eigenvalue weighted by atomic mass is 10.1. The normalized spacial score (nSPS) is 15.1. The summed E-state index contributed by atoms with van der Waals surface area (Å²) < 4.78 is 27.6. The van der Waals surface area contributed by atoms with Crippen LogP contribution in [-0.4, -0.2) is 37.7 Å². The molecule has 0 aliphatic heterocycles. The van der Waals surface area contributed by atoms with E-state index in [0.717, 1.165) is 5.56 Å². The molecule has 0 aliphatic carbocycles. The first-order valence-corrected chi connectivity index (χ1v) is 9.03. The molecule has 0 spiro atoms. The number of nitrogens with one attached hydrogen (secondary N) is 1. The predicted octanol–water partition coefficient (Wildman–Crippen LogP) is 1.28. The molecule has 7 heteroatoms. The van der Waals surface area contributed by atoms with Crippen LogP contribution in [0.1, 0.15) is 18.1 Å². The second-order valence-corrected chi connectivity index (χ2v) is 7.54. The summed E-state index contributed by atoms with van der Waals surface area (Å²) in [6.07, 6.45) is 1.83. The zero-order chi connectivity index (χ0) is 15.5. The Bertz CT molecular complexity index is 569. The summed E-state index contributed by atoms with van der Waals surface area (Å²) in [7, 11) is -3.71. The molecule has 0 heterocycles. The molecule has 0 aliphatic rings. The minimum absolute atomic E-state index is 0.0901. The van der Waals surface area contributed by atoms with E-state index in [1.807, 2.05) is 6.26 Å².